The molecule has 0 saturated heterocycles. The van der Waals surface area contributed by atoms with Crippen molar-refractivity contribution in [3.8, 4) is 0 Å². The van der Waals surface area contributed by atoms with Crippen molar-refractivity contribution in [1.82, 2.24) is 5.32 Å². The second-order valence-electron chi connectivity index (χ2n) is 18.5. The summed E-state index contributed by atoms with van der Waals surface area (Å²) in [6.07, 6.45) is 52.7. The molecule has 0 fully saturated rings. The number of thioether (sulfide) groups is 1. The first-order valence-corrected chi connectivity index (χ1v) is 27.9. The van der Waals surface area contributed by atoms with Crippen LogP contribution in [0.3, 0.4) is 0 Å². The zero-order valence-electron chi connectivity index (χ0n) is 40.5. The summed E-state index contributed by atoms with van der Waals surface area (Å²) < 4.78 is 6.03. The van der Waals surface area contributed by atoms with Gasteiger partial charge in [0.15, 0.2) is 0 Å². The first kappa shape index (κ1) is 58.8. The standard InChI is InChI=1S/C53H103NO5S/c1-4-7-10-13-16-19-22-25-28-29-32-35-38-41-44-49(59-52(56)46-43-40-37-34-31-27-24-21-18-15-12-9-6-3)47-60-48-50(53(57)58)54-51(55)45-42-39-36-33-30-26-23-20-17-14-11-8-5-2/h49-50H,4-48H2,1-3H3,(H,54,55)(H,57,58)/t49?,50-/m0/s1. The summed E-state index contributed by atoms with van der Waals surface area (Å²) in [5.41, 5.74) is 0. The molecule has 0 heterocycles. The van der Waals surface area contributed by atoms with Gasteiger partial charge in [-0.25, -0.2) is 4.79 Å². The second kappa shape index (κ2) is 48.8. The van der Waals surface area contributed by atoms with Crippen LogP contribution in [-0.2, 0) is 19.1 Å². The first-order chi connectivity index (χ1) is 29.4. The minimum Gasteiger partial charge on any atom is -0.480 e. The van der Waals surface area contributed by atoms with E-state index < -0.39 is 12.0 Å². The van der Waals surface area contributed by atoms with Crippen LogP contribution in [-0.4, -0.2) is 46.6 Å². The number of carboxylic acid groups (broad SMARTS) is 1. The van der Waals surface area contributed by atoms with Gasteiger partial charge in [-0.1, -0.05) is 258 Å². The van der Waals surface area contributed by atoms with Gasteiger partial charge in [0.05, 0.1) is 0 Å². The molecule has 2 atom stereocenters. The number of nitrogens with one attached hydrogen (secondary N) is 1. The van der Waals surface area contributed by atoms with Crippen LogP contribution in [0.15, 0.2) is 0 Å². The van der Waals surface area contributed by atoms with Crippen molar-refractivity contribution in [2.75, 3.05) is 11.5 Å². The van der Waals surface area contributed by atoms with Gasteiger partial charge in [-0.15, -0.1) is 0 Å². The largest absolute Gasteiger partial charge is 0.480 e. The lowest BCUT2D eigenvalue weighted by Crippen LogP contribution is -2.42. The fourth-order valence-electron chi connectivity index (χ4n) is 8.34. The Morgan fingerprint density at radius 2 is 0.717 bits per heavy atom. The summed E-state index contributed by atoms with van der Waals surface area (Å²) >= 11 is 1.49. The summed E-state index contributed by atoms with van der Waals surface area (Å²) in [6, 6.07) is -0.923. The lowest BCUT2D eigenvalue weighted by atomic mass is 10.0. The highest BCUT2D eigenvalue weighted by Crippen LogP contribution is 2.20. The average molecular weight is 866 g/mol. The molecule has 60 heavy (non-hydrogen) atoms. The van der Waals surface area contributed by atoms with Crippen LogP contribution in [0.25, 0.3) is 0 Å². The van der Waals surface area contributed by atoms with E-state index in [1.807, 2.05) is 0 Å². The molecule has 0 aromatic heterocycles. The third kappa shape index (κ3) is 44.8. The van der Waals surface area contributed by atoms with Crippen molar-refractivity contribution < 1.29 is 24.2 Å². The number of carbonyl (C=O) groups excluding carboxylic acids is 2. The fraction of sp³-hybridized carbons (Fsp3) is 0.943. The maximum atomic E-state index is 12.9. The van der Waals surface area contributed by atoms with Crippen molar-refractivity contribution in [3.05, 3.63) is 0 Å². The first-order valence-electron chi connectivity index (χ1n) is 26.7. The summed E-state index contributed by atoms with van der Waals surface area (Å²) in [5.74, 6) is -0.430. The molecule has 2 N–H and O–H groups in total. The van der Waals surface area contributed by atoms with Gasteiger partial charge in [-0.05, 0) is 25.7 Å². The predicted octanol–water partition coefficient (Wildman–Crippen LogP) is 17.0. The Hall–Kier alpha value is -1.24. The Kier molecular flexibility index (Phi) is 47.8. The number of ether oxygens (including phenoxy) is 1. The summed E-state index contributed by atoms with van der Waals surface area (Å²) in [7, 11) is 0. The minimum atomic E-state index is -0.996. The molecule has 1 unspecified atom stereocenters. The third-order valence-corrected chi connectivity index (χ3v) is 13.6. The van der Waals surface area contributed by atoms with Crippen LogP contribution in [0.4, 0.5) is 0 Å². The molecule has 0 aromatic carbocycles. The minimum absolute atomic E-state index is 0.116. The van der Waals surface area contributed by atoms with Crippen LogP contribution in [0.1, 0.15) is 297 Å². The van der Waals surface area contributed by atoms with Gasteiger partial charge in [0.25, 0.3) is 0 Å². The van der Waals surface area contributed by atoms with Gasteiger partial charge in [-0.2, -0.15) is 11.8 Å². The van der Waals surface area contributed by atoms with Gasteiger partial charge >= 0.3 is 11.9 Å². The maximum absolute atomic E-state index is 12.9. The normalized spacial score (nSPS) is 12.4. The molecule has 0 aliphatic heterocycles. The Morgan fingerprint density at radius 1 is 0.417 bits per heavy atom. The Balaban J connectivity index is 4.47. The molecular weight excluding hydrogens is 763 g/mol. The zero-order valence-corrected chi connectivity index (χ0v) is 41.3. The molecule has 0 rings (SSSR count). The number of esters is 1. The number of carbonyl (C=O) groups is 3. The van der Waals surface area contributed by atoms with E-state index in [9.17, 15) is 19.5 Å². The molecule has 0 aliphatic carbocycles. The molecule has 356 valence electrons. The monoisotopic (exact) mass is 866 g/mol. The number of aliphatic carboxylic acids is 1. The van der Waals surface area contributed by atoms with Crippen molar-refractivity contribution >= 4 is 29.6 Å². The van der Waals surface area contributed by atoms with Gasteiger partial charge in [0, 0.05) is 24.3 Å². The Bertz CT molecular complexity index is 916. The molecular formula is C53H103NO5S. The van der Waals surface area contributed by atoms with E-state index in [-0.39, 0.29) is 23.7 Å². The summed E-state index contributed by atoms with van der Waals surface area (Å²) in [6.45, 7) is 6.81. The van der Waals surface area contributed by atoms with E-state index in [1.165, 1.54) is 224 Å². The smallest absolute Gasteiger partial charge is 0.327 e. The van der Waals surface area contributed by atoms with E-state index in [4.69, 9.17) is 4.74 Å². The van der Waals surface area contributed by atoms with Crippen molar-refractivity contribution in [3.63, 3.8) is 0 Å². The van der Waals surface area contributed by atoms with Gasteiger partial charge in [0.1, 0.15) is 12.1 Å². The van der Waals surface area contributed by atoms with E-state index in [0.717, 1.165) is 51.4 Å². The molecule has 0 spiro atoms. The van der Waals surface area contributed by atoms with Crippen LogP contribution >= 0.6 is 11.8 Å². The zero-order chi connectivity index (χ0) is 43.8. The second-order valence-corrected chi connectivity index (χ2v) is 19.6. The molecule has 0 saturated carbocycles. The Morgan fingerprint density at radius 3 is 1.05 bits per heavy atom. The van der Waals surface area contributed by atoms with Gasteiger partial charge < -0.3 is 15.2 Å². The van der Waals surface area contributed by atoms with Crippen molar-refractivity contribution in [1.29, 1.82) is 0 Å². The number of unbranched alkanes of at least 4 members (excludes halogenated alkanes) is 37. The van der Waals surface area contributed by atoms with Gasteiger partial charge in [0.2, 0.25) is 5.91 Å². The van der Waals surface area contributed by atoms with Crippen LogP contribution < -0.4 is 5.32 Å². The highest BCUT2D eigenvalue weighted by molar-refractivity contribution is 7.99. The third-order valence-electron chi connectivity index (χ3n) is 12.4. The molecule has 0 bridgehead atoms. The number of carboxylic acids is 1. The lowest BCUT2D eigenvalue weighted by molar-refractivity contribution is -0.148. The SMILES string of the molecule is CCCCCCCCCCCCCCCCC(CSC[C@H](NC(=O)CCCCCCCCCCCCCCC)C(=O)O)OC(=O)CCCCCCCCCCCCCCC. The topological polar surface area (TPSA) is 92.7 Å². The van der Waals surface area contributed by atoms with E-state index in [1.54, 1.807) is 0 Å². The van der Waals surface area contributed by atoms with Crippen molar-refractivity contribution in [2.45, 2.75) is 309 Å². The average Bonchev–Trinajstić information content (AvgIpc) is 3.23. The van der Waals surface area contributed by atoms with Crippen LogP contribution in [0, 0.1) is 0 Å². The van der Waals surface area contributed by atoms with Gasteiger partial charge in [-0.3, -0.25) is 9.59 Å². The molecule has 0 aliphatic rings. The highest BCUT2D eigenvalue weighted by atomic mass is 32.2. The lowest BCUT2D eigenvalue weighted by Gasteiger charge is -2.20. The van der Waals surface area contributed by atoms with Crippen molar-refractivity contribution in [2.24, 2.45) is 0 Å². The summed E-state index contributed by atoms with van der Waals surface area (Å²) in [4.78, 5) is 37.7. The number of hydrogen-bond acceptors (Lipinski definition) is 5. The van der Waals surface area contributed by atoms with E-state index >= 15 is 0 Å². The predicted molar refractivity (Wildman–Crippen MR) is 262 cm³/mol. The fourth-order valence-corrected chi connectivity index (χ4v) is 9.43. The van der Waals surface area contributed by atoms with E-state index in [0.29, 0.717) is 18.6 Å². The quantitative estimate of drug-likeness (QED) is 0.0467. The molecule has 0 aromatic rings. The van der Waals surface area contributed by atoms with E-state index in [2.05, 4.69) is 26.1 Å². The molecule has 7 heteroatoms. The van der Waals surface area contributed by atoms with Crippen LogP contribution in [0.5, 0.6) is 0 Å². The molecule has 1 amide bonds. The number of amides is 1. The maximum Gasteiger partial charge on any atom is 0.327 e. The molecule has 6 nitrogen and oxygen atoms in total. The summed E-state index contributed by atoms with van der Waals surface area (Å²) in [5, 5.41) is 12.7. The molecule has 0 radical (unpaired) electrons. The Labute approximate surface area is 378 Å². The highest BCUT2D eigenvalue weighted by Gasteiger charge is 2.22. The van der Waals surface area contributed by atoms with Crippen LogP contribution in [0.2, 0.25) is 0 Å². The number of hydrogen-bond donors (Lipinski definition) is 2. The number of rotatable bonds is 50.